The SMILES string of the molecule is Cl.Nc1ccc2c(c1)CCCC2NS(=O)(=O)c1c(F)cc(F)cc1F. The van der Waals surface area contributed by atoms with Crippen molar-refractivity contribution in [2.24, 2.45) is 0 Å². The largest absolute Gasteiger partial charge is 0.399 e. The monoisotopic (exact) mass is 392 g/mol. The van der Waals surface area contributed by atoms with Crippen molar-refractivity contribution in [2.75, 3.05) is 5.73 Å². The van der Waals surface area contributed by atoms with Crippen molar-refractivity contribution >= 4 is 28.1 Å². The minimum absolute atomic E-state index is 0. The van der Waals surface area contributed by atoms with Crippen LogP contribution in [0.1, 0.15) is 30.0 Å². The van der Waals surface area contributed by atoms with Crippen LogP contribution in [0, 0.1) is 17.5 Å². The van der Waals surface area contributed by atoms with E-state index in [2.05, 4.69) is 4.72 Å². The van der Waals surface area contributed by atoms with Gasteiger partial charge in [-0.05, 0) is 42.5 Å². The Hall–Kier alpha value is -1.77. The zero-order chi connectivity index (χ0) is 17.5. The van der Waals surface area contributed by atoms with Crippen LogP contribution in [0.3, 0.4) is 0 Å². The smallest absolute Gasteiger partial charge is 0.246 e. The zero-order valence-corrected chi connectivity index (χ0v) is 14.6. The highest BCUT2D eigenvalue weighted by atomic mass is 35.5. The molecule has 9 heteroatoms. The van der Waals surface area contributed by atoms with E-state index in [1.165, 1.54) is 0 Å². The van der Waals surface area contributed by atoms with E-state index in [4.69, 9.17) is 5.73 Å². The first-order valence-electron chi connectivity index (χ1n) is 7.33. The Morgan fingerprint density at radius 1 is 1.08 bits per heavy atom. The number of aryl methyl sites for hydroxylation is 1. The molecule has 2 aromatic carbocycles. The third-order valence-electron chi connectivity index (χ3n) is 4.01. The third-order valence-corrected chi connectivity index (χ3v) is 5.53. The van der Waals surface area contributed by atoms with Gasteiger partial charge in [-0.15, -0.1) is 12.4 Å². The summed E-state index contributed by atoms with van der Waals surface area (Å²) in [5.41, 5.74) is 7.91. The molecular weight excluding hydrogens is 377 g/mol. The van der Waals surface area contributed by atoms with Gasteiger partial charge in [-0.1, -0.05) is 6.07 Å². The quantitative estimate of drug-likeness (QED) is 0.786. The van der Waals surface area contributed by atoms with Crippen LogP contribution in [0.4, 0.5) is 18.9 Å². The highest BCUT2D eigenvalue weighted by Gasteiger charge is 2.30. The number of halogens is 4. The number of nitrogen functional groups attached to an aromatic ring is 1. The molecule has 0 aromatic heterocycles. The number of sulfonamides is 1. The fourth-order valence-electron chi connectivity index (χ4n) is 2.99. The van der Waals surface area contributed by atoms with Gasteiger partial charge in [0, 0.05) is 23.9 Å². The lowest BCUT2D eigenvalue weighted by atomic mass is 9.88. The van der Waals surface area contributed by atoms with Crippen molar-refractivity contribution in [1.82, 2.24) is 4.72 Å². The molecule has 0 fully saturated rings. The Balaban J connectivity index is 0.00000225. The molecule has 0 bridgehead atoms. The maximum Gasteiger partial charge on any atom is 0.246 e. The summed E-state index contributed by atoms with van der Waals surface area (Å²) < 4.78 is 67.7. The molecule has 0 radical (unpaired) electrons. The average Bonchev–Trinajstić information content (AvgIpc) is 2.45. The highest BCUT2D eigenvalue weighted by molar-refractivity contribution is 7.89. The summed E-state index contributed by atoms with van der Waals surface area (Å²) in [6, 6.07) is 5.16. The first kappa shape index (κ1) is 19.6. The summed E-state index contributed by atoms with van der Waals surface area (Å²) in [4.78, 5) is -1.17. The van der Waals surface area contributed by atoms with E-state index in [0.29, 0.717) is 30.7 Å². The Labute approximate surface area is 149 Å². The molecule has 0 heterocycles. The lowest BCUT2D eigenvalue weighted by Crippen LogP contribution is -2.32. The van der Waals surface area contributed by atoms with E-state index in [9.17, 15) is 21.6 Å². The van der Waals surface area contributed by atoms with Gasteiger partial charge in [0.15, 0.2) is 4.90 Å². The van der Waals surface area contributed by atoms with Gasteiger partial charge in [-0.25, -0.2) is 26.3 Å². The molecule has 1 aliphatic rings. The summed E-state index contributed by atoms with van der Waals surface area (Å²) in [7, 11) is -4.49. The Morgan fingerprint density at radius 3 is 2.36 bits per heavy atom. The molecule has 2 aromatic rings. The molecule has 0 saturated heterocycles. The van der Waals surface area contributed by atoms with Crippen LogP contribution in [-0.2, 0) is 16.4 Å². The Morgan fingerprint density at radius 2 is 1.72 bits per heavy atom. The van der Waals surface area contributed by atoms with E-state index < -0.39 is 38.4 Å². The molecule has 3 rings (SSSR count). The predicted octanol–water partition coefficient (Wildman–Crippen LogP) is 3.46. The van der Waals surface area contributed by atoms with Crippen molar-refractivity contribution in [1.29, 1.82) is 0 Å². The molecule has 1 unspecified atom stereocenters. The number of benzene rings is 2. The fourth-order valence-corrected chi connectivity index (χ4v) is 4.36. The maximum absolute atomic E-state index is 13.8. The van der Waals surface area contributed by atoms with E-state index in [1.54, 1.807) is 18.2 Å². The standard InChI is InChI=1S/C16H15F3N2O2S.ClH/c17-10-7-13(18)16(14(19)8-10)24(22,23)21-15-3-1-2-9-6-11(20)4-5-12(9)15;/h4-8,15,21H,1-3,20H2;1H. The van der Waals surface area contributed by atoms with E-state index in [-0.39, 0.29) is 12.4 Å². The van der Waals surface area contributed by atoms with Crippen LogP contribution in [-0.4, -0.2) is 8.42 Å². The van der Waals surface area contributed by atoms with E-state index in [0.717, 1.165) is 17.5 Å². The van der Waals surface area contributed by atoms with Crippen LogP contribution in [0.25, 0.3) is 0 Å². The van der Waals surface area contributed by atoms with Gasteiger partial charge < -0.3 is 5.73 Å². The van der Waals surface area contributed by atoms with Crippen molar-refractivity contribution in [3.05, 3.63) is 58.9 Å². The van der Waals surface area contributed by atoms with Crippen molar-refractivity contribution in [2.45, 2.75) is 30.2 Å². The fraction of sp³-hybridized carbons (Fsp3) is 0.250. The van der Waals surface area contributed by atoms with E-state index in [1.807, 2.05) is 0 Å². The lowest BCUT2D eigenvalue weighted by Gasteiger charge is -2.26. The topological polar surface area (TPSA) is 72.2 Å². The molecule has 0 amide bonds. The predicted molar refractivity (Wildman–Crippen MR) is 90.4 cm³/mol. The number of rotatable bonds is 3. The minimum atomic E-state index is -4.49. The molecular formula is C16H16ClF3N2O2S. The van der Waals surface area contributed by atoms with Gasteiger partial charge >= 0.3 is 0 Å². The summed E-state index contributed by atoms with van der Waals surface area (Å²) in [5.74, 6) is -4.11. The van der Waals surface area contributed by atoms with Gasteiger partial charge in [0.25, 0.3) is 0 Å². The molecule has 3 N–H and O–H groups in total. The third kappa shape index (κ3) is 3.91. The van der Waals surface area contributed by atoms with Gasteiger partial charge in [-0.2, -0.15) is 0 Å². The second-order valence-corrected chi connectivity index (χ2v) is 7.37. The number of hydrogen-bond donors (Lipinski definition) is 2. The normalized spacial score (nSPS) is 16.8. The highest BCUT2D eigenvalue weighted by Crippen LogP contribution is 2.32. The lowest BCUT2D eigenvalue weighted by molar-refractivity contribution is 0.478. The van der Waals surface area contributed by atoms with E-state index >= 15 is 0 Å². The van der Waals surface area contributed by atoms with Crippen LogP contribution < -0.4 is 10.5 Å². The van der Waals surface area contributed by atoms with Gasteiger partial charge in [0.1, 0.15) is 17.5 Å². The molecule has 0 spiro atoms. The first-order valence-corrected chi connectivity index (χ1v) is 8.81. The molecule has 0 aliphatic heterocycles. The Kier molecular flexibility index (Phi) is 5.65. The van der Waals surface area contributed by atoms with Gasteiger partial charge in [0.2, 0.25) is 10.0 Å². The minimum Gasteiger partial charge on any atom is -0.399 e. The van der Waals surface area contributed by atoms with Gasteiger partial charge in [-0.3, -0.25) is 0 Å². The molecule has 0 saturated carbocycles. The number of fused-ring (bicyclic) bond motifs is 1. The maximum atomic E-state index is 13.8. The zero-order valence-electron chi connectivity index (χ0n) is 12.9. The summed E-state index contributed by atoms with van der Waals surface area (Å²) in [5, 5.41) is 0. The molecule has 25 heavy (non-hydrogen) atoms. The number of nitrogens with one attached hydrogen (secondary N) is 1. The average molecular weight is 393 g/mol. The van der Waals surface area contributed by atoms with Crippen LogP contribution in [0.15, 0.2) is 35.2 Å². The second kappa shape index (κ2) is 7.23. The van der Waals surface area contributed by atoms with Crippen LogP contribution >= 0.6 is 12.4 Å². The van der Waals surface area contributed by atoms with Crippen LogP contribution in [0.2, 0.25) is 0 Å². The molecule has 136 valence electrons. The molecule has 4 nitrogen and oxygen atoms in total. The molecule has 1 aliphatic carbocycles. The molecule has 1 atom stereocenters. The van der Waals surface area contributed by atoms with Crippen molar-refractivity contribution in [3.8, 4) is 0 Å². The second-order valence-electron chi connectivity index (χ2n) is 5.72. The van der Waals surface area contributed by atoms with Crippen molar-refractivity contribution < 1.29 is 21.6 Å². The number of hydrogen-bond acceptors (Lipinski definition) is 3. The number of nitrogens with two attached hydrogens (primary N) is 1. The summed E-state index contributed by atoms with van der Waals surface area (Å²) in [6.45, 7) is 0. The summed E-state index contributed by atoms with van der Waals surface area (Å²) >= 11 is 0. The first-order chi connectivity index (χ1) is 11.3. The van der Waals surface area contributed by atoms with Crippen LogP contribution in [0.5, 0.6) is 0 Å². The summed E-state index contributed by atoms with van der Waals surface area (Å²) in [6.07, 6.45) is 1.94. The Bertz CT molecular complexity index is 883. The van der Waals surface area contributed by atoms with Crippen molar-refractivity contribution in [3.63, 3.8) is 0 Å². The van der Waals surface area contributed by atoms with Gasteiger partial charge in [0.05, 0.1) is 0 Å². The number of anilines is 1.